The fourth-order valence-electron chi connectivity index (χ4n) is 2.70. The number of rotatable bonds is 7. The van der Waals surface area contributed by atoms with Crippen molar-refractivity contribution >= 4 is 46.4 Å². The van der Waals surface area contributed by atoms with Crippen LogP contribution in [-0.4, -0.2) is 41.5 Å². The summed E-state index contributed by atoms with van der Waals surface area (Å²) in [7, 11) is 1.33. The molecule has 0 unspecified atom stereocenters. The molecule has 0 saturated heterocycles. The Balaban J connectivity index is 0.00000363. The number of hydrogen-bond acceptors (Lipinski definition) is 7. The van der Waals surface area contributed by atoms with Gasteiger partial charge in [0.2, 0.25) is 4.80 Å². The van der Waals surface area contributed by atoms with Crippen molar-refractivity contribution in [3.05, 3.63) is 82.0 Å². The molecule has 0 atom stereocenters. The molecule has 0 fully saturated rings. The van der Waals surface area contributed by atoms with Crippen LogP contribution in [0.5, 0.6) is 5.75 Å². The molecule has 3 rings (SSSR count). The van der Waals surface area contributed by atoms with Gasteiger partial charge in [0, 0.05) is 10.9 Å². The molecule has 0 saturated carbocycles. The molecule has 0 bridgehead atoms. The molecule has 0 aliphatic carbocycles. The number of benzene rings is 2. The minimum Gasteiger partial charge on any atom is -0.507 e. The van der Waals surface area contributed by atoms with E-state index >= 15 is 0 Å². The van der Waals surface area contributed by atoms with Gasteiger partial charge in [-0.1, -0.05) is 18.2 Å². The number of aromatic hydroxyl groups is 1. The van der Waals surface area contributed by atoms with Crippen LogP contribution in [-0.2, 0) is 4.74 Å². The van der Waals surface area contributed by atoms with Gasteiger partial charge >= 0.3 is 5.97 Å². The van der Waals surface area contributed by atoms with Gasteiger partial charge < -0.3 is 15.6 Å². The van der Waals surface area contributed by atoms with E-state index in [4.69, 9.17) is 10.5 Å². The Morgan fingerprint density at radius 3 is 2.59 bits per heavy atom. The number of thiazole rings is 1. The van der Waals surface area contributed by atoms with Crippen LogP contribution >= 0.6 is 28.3 Å². The molecule has 0 aliphatic rings. The maximum atomic E-state index is 11.6. The van der Waals surface area contributed by atoms with Crippen molar-refractivity contribution in [2.75, 3.05) is 13.7 Å². The smallest absolute Gasteiger partial charge is 0.337 e. The van der Waals surface area contributed by atoms with Gasteiger partial charge in [-0.2, -0.15) is 5.10 Å². The molecule has 1 aromatic heterocycles. The Bertz CT molecular complexity index is 1230. The van der Waals surface area contributed by atoms with Crippen LogP contribution in [0.2, 0.25) is 0 Å². The topological polar surface area (TPSA) is 119 Å². The predicted molar refractivity (Wildman–Crippen MR) is 130 cm³/mol. The largest absolute Gasteiger partial charge is 0.507 e. The normalized spacial score (nSPS) is 11.2. The van der Waals surface area contributed by atoms with Crippen molar-refractivity contribution in [2.45, 2.75) is 0 Å². The lowest BCUT2D eigenvalue weighted by atomic mass is 10.1. The van der Waals surface area contributed by atoms with Crippen molar-refractivity contribution in [3.8, 4) is 17.0 Å². The highest BCUT2D eigenvalue weighted by atomic mass is 79.9. The predicted octanol–water partition coefficient (Wildman–Crippen LogP) is 3.35. The van der Waals surface area contributed by atoms with Gasteiger partial charge in [0.15, 0.2) is 0 Å². The number of hydrogen-bond donors (Lipinski definition) is 2. The zero-order valence-corrected chi connectivity index (χ0v) is 19.6. The number of amides is 1. The van der Waals surface area contributed by atoms with Gasteiger partial charge in [-0.25, -0.2) is 9.47 Å². The number of phenols is 1. The highest BCUT2D eigenvalue weighted by Crippen LogP contribution is 2.26. The Morgan fingerprint density at radius 1 is 1.25 bits per heavy atom. The van der Waals surface area contributed by atoms with E-state index in [0.717, 1.165) is 5.56 Å². The number of carbonyl (C=O) groups is 2. The number of methoxy groups -OCH3 is 1. The van der Waals surface area contributed by atoms with E-state index in [2.05, 4.69) is 16.7 Å². The standard InChI is InChI=1S/C22H20N4O4S.BrH/c1-3-10-24-22-26(25-12-14-4-6-15(7-5-14)21(29)30-2)18(13-31-22)16-8-9-19(27)17(11-16)20(23)28;/h3-9,11-13,27H,1,10H2,2H3,(H2,23,28);1H. The first-order valence-corrected chi connectivity index (χ1v) is 10.0. The van der Waals surface area contributed by atoms with Crippen molar-refractivity contribution in [3.63, 3.8) is 0 Å². The van der Waals surface area contributed by atoms with Crippen LogP contribution in [0.4, 0.5) is 0 Å². The number of aromatic nitrogens is 1. The maximum Gasteiger partial charge on any atom is 0.337 e. The van der Waals surface area contributed by atoms with E-state index in [9.17, 15) is 14.7 Å². The molecular formula is C22H21BrN4O4S. The first-order valence-electron chi connectivity index (χ1n) is 9.12. The van der Waals surface area contributed by atoms with Gasteiger partial charge in [0.1, 0.15) is 5.75 Å². The lowest BCUT2D eigenvalue weighted by Crippen LogP contribution is -2.13. The van der Waals surface area contributed by atoms with E-state index in [-0.39, 0.29) is 28.3 Å². The quantitative estimate of drug-likeness (QED) is 0.284. The zero-order valence-electron chi connectivity index (χ0n) is 17.1. The second kappa shape index (κ2) is 11.2. The van der Waals surface area contributed by atoms with E-state index in [0.29, 0.717) is 28.2 Å². The minimum absolute atomic E-state index is 0. The second-order valence-electron chi connectivity index (χ2n) is 6.30. The summed E-state index contributed by atoms with van der Waals surface area (Å²) in [6.45, 7) is 4.09. The summed E-state index contributed by atoms with van der Waals surface area (Å²) in [6.07, 6.45) is 3.30. The molecular weight excluding hydrogens is 496 g/mol. The number of esters is 1. The van der Waals surface area contributed by atoms with Crippen molar-refractivity contribution < 1.29 is 19.4 Å². The molecule has 1 amide bonds. The Kier molecular flexibility index (Phi) is 8.68. The summed E-state index contributed by atoms with van der Waals surface area (Å²) in [4.78, 5) is 28.3. The van der Waals surface area contributed by atoms with Crippen molar-refractivity contribution in [2.24, 2.45) is 15.8 Å². The minimum atomic E-state index is -0.730. The summed E-state index contributed by atoms with van der Waals surface area (Å²) in [5, 5.41) is 16.3. The fraction of sp³-hybridized carbons (Fsp3) is 0.0909. The van der Waals surface area contributed by atoms with E-state index < -0.39 is 11.9 Å². The lowest BCUT2D eigenvalue weighted by molar-refractivity contribution is 0.0600. The van der Waals surface area contributed by atoms with Gasteiger partial charge in [0.05, 0.1) is 36.7 Å². The summed E-state index contributed by atoms with van der Waals surface area (Å²) < 4.78 is 6.33. The fourth-order valence-corrected chi connectivity index (χ4v) is 3.55. The highest BCUT2D eigenvalue weighted by molar-refractivity contribution is 8.93. The number of nitrogens with zero attached hydrogens (tertiary/aromatic N) is 3. The molecule has 0 radical (unpaired) electrons. The molecule has 1 heterocycles. The molecule has 8 nitrogen and oxygen atoms in total. The van der Waals surface area contributed by atoms with Crippen LogP contribution in [0.25, 0.3) is 11.3 Å². The SMILES string of the molecule is Br.C=CCN=c1scc(-c2ccc(O)c(C(N)=O)c2)n1N=Cc1ccc(C(=O)OC)cc1. The summed E-state index contributed by atoms with van der Waals surface area (Å²) in [5.41, 5.74) is 7.87. The molecule has 10 heteroatoms. The number of carbonyl (C=O) groups excluding carboxylic acids is 2. The van der Waals surface area contributed by atoms with Crippen LogP contribution in [0.15, 0.2) is 70.6 Å². The lowest BCUT2D eigenvalue weighted by Gasteiger charge is -2.07. The van der Waals surface area contributed by atoms with Gasteiger partial charge in [-0.05, 0) is 35.9 Å². The number of ether oxygens (including phenoxy) is 1. The molecule has 3 N–H and O–H groups in total. The Hall–Kier alpha value is -3.50. The van der Waals surface area contributed by atoms with Crippen LogP contribution in [0, 0.1) is 0 Å². The molecule has 3 aromatic rings. The zero-order chi connectivity index (χ0) is 22.4. The third-order valence-corrected chi connectivity index (χ3v) is 5.11. The van der Waals surface area contributed by atoms with Gasteiger partial charge in [-0.15, -0.1) is 34.9 Å². The molecule has 0 spiro atoms. The summed E-state index contributed by atoms with van der Waals surface area (Å²) in [5.74, 6) is -1.34. The molecule has 2 aromatic carbocycles. The first kappa shape index (κ1) is 24.8. The van der Waals surface area contributed by atoms with Gasteiger partial charge in [0.25, 0.3) is 5.91 Å². The third kappa shape index (κ3) is 5.59. The van der Waals surface area contributed by atoms with Crippen LogP contribution in [0.3, 0.4) is 0 Å². The van der Waals surface area contributed by atoms with Crippen LogP contribution < -0.4 is 10.5 Å². The Labute approximate surface area is 198 Å². The molecule has 0 aliphatic heterocycles. The van der Waals surface area contributed by atoms with Crippen molar-refractivity contribution in [1.82, 2.24) is 4.68 Å². The molecule has 32 heavy (non-hydrogen) atoms. The van der Waals surface area contributed by atoms with E-state index in [1.165, 1.54) is 30.6 Å². The first-order chi connectivity index (χ1) is 14.9. The second-order valence-corrected chi connectivity index (χ2v) is 7.14. The third-order valence-electron chi connectivity index (χ3n) is 4.25. The Morgan fingerprint density at radius 2 is 1.97 bits per heavy atom. The number of halogens is 1. The van der Waals surface area contributed by atoms with Crippen LogP contribution in [0.1, 0.15) is 26.3 Å². The number of primary amides is 1. The number of nitrogens with two attached hydrogens (primary N) is 1. The van der Waals surface area contributed by atoms with Gasteiger partial charge in [-0.3, -0.25) is 9.79 Å². The monoisotopic (exact) mass is 516 g/mol. The average Bonchev–Trinajstić information content (AvgIpc) is 3.18. The molecule has 166 valence electrons. The van der Waals surface area contributed by atoms with E-state index in [1.807, 2.05) is 5.38 Å². The highest BCUT2D eigenvalue weighted by Gasteiger charge is 2.13. The average molecular weight is 517 g/mol. The summed E-state index contributed by atoms with van der Waals surface area (Å²) in [6, 6.07) is 11.4. The summed E-state index contributed by atoms with van der Waals surface area (Å²) >= 11 is 1.37. The maximum absolute atomic E-state index is 11.6. The van der Waals surface area contributed by atoms with E-state index in [1.54, 1.807) is 47.3 Å². The van der Waals surface area contributed by atoms with Crippen molar-refractivity contribution in [1.29, 1.82) is 0 Å².